The van der Waals surface area contributed by atoms with Gasteiger partial charge in [0.2, 0.25) is 0 Å². The van der Waals surface area contributed by atoms with Gasteiger partial charge in [-0.25, -0.2) is 0 Å². The van der Waals surface area contributed by atoms with E-state index < -0.39 is 0 Å². The zero-order valence-electron chi connectivity index (χ0n) is 13.2. The molecule has 0 aliphatic rings. The minimum atomic E-state index is 0.197. The van der Waals surface area contributed by atoms with Gasteiger partial charge in [-0.3, -0.25) is 4.68 Å². The fourth-order valence-corrected chi connectivity index (χ4v) is 2.87. The van der Waals surface area contributed by atoms with Gasteiger partial charge in [0.15, 0.2) is 0 Å². The summed E-state index contributed by atoms with van der Waals surface area (Å²) in [7, 11) is 1.96. The van der Waals surface area contributed by atoms with Gasteiger partial charge in [0.05, 0.1) is 0 Å². The highest BCUT2D eigenvalue weighted by atomic mass is 15.3. The molecule has 1 aromatic rings. The number of unbranched alkanes of at least 4 members (excludes halogenated alkanes) is 4. The van der Waals surface area contributed by atoms with Crippen molar-refractivity contribution in [2.75, 3.05) is 5.73 Å². The topological polar surface area (TPSA) is 43.8 Å². The molecule has 1 heterocycles. The average molecular weight is 265 g/mol. The molecule has 1 atom stereocenters. The Kier molecular flexibility index (Phi) is 6.40. The second-order valence-corrected chi connectivity index (χ2v) is 6.08. The summed E-state index contributed by atoms with van der Waals surface area (Å²) in [6, 6.07) is 0. The maximum Gasteiger partial charge on any atom is 0.149 e. The standard InChI is InChI=1S/C16H31N3/c1-5-7-9-10-12-16(3,11-8-6-2)14-13-19(4)18-15(14)17/h13H,5-12H2,1-4H3,(H2,17,18). The zero-order valence-corrected chi connectivity index (χ0v) is 13.2. The lowest BCUT2D eigenvalue weighted by molar-refractivity contribution is 0.370. The molecule has 0 saturated heterocycles. The van der Waals surface area contributed by atoms with E-state index in [9.17, 15) is 0 Å². The fraction of sp³-hybridized carbons (Fsp3) is 0.812. The van der Waals surface area contributed by atoms with Crippen LogP contribution in [0.1, 0.15) is 77.7 Å². The molecule has 0 bridgehead atoms. The SMILES string of the molecule is CCCCCCC(C)(CCCC)c1cn(C)nc1N. The van der Waals surface area contributed by atoms with Crippen molar-refractivity contribution in [1.82, 2.24) is 9.78 Å². The smallest absolute Gasteiger partial charge is 0.149 e. The third-order valence-electron chi connectivity index (χ3n) is 4.17. The second-order valence-electron chi connectivity index (χ2n) is 6.08. The van der Waals surface area contributed by atoms with Crippen LogP contribution < -0.4 is 5.73 Å². The third kappa shape index (κ3) is 4.55. The van der Waals surface area contributed by atoms with E-state index in [2.05, 4.69) is 32.1 Å². The van der Waals surface area contributed by atoms with Gasteiger partial charge >= 0.3 is 0 Å². The lowest BCUT2D eigenvalue weighted by Gasteiger charge is -2.29. The summed E-state index contributed by atoms with van der Waals surface area (Å²) in [5, 5.41) is 4.32. The van der Waals surface area contributed by atoms with Gasteiger partial charge in [0.1, 0.15) is 5.82 Å². The van der Waals surface area contributed by atoms with E-state index in [0.717, 1.165) is 5.82 Å². The molecule has 1 aromatic heterocycles. The van der Waals surface area contributed by atoms with Crippen LogP contribution in [0.15, 0.2) is 6.20 Å². The Hall–Kier alpha value is -0.990. The number of rotatable bonds is 9. The first-order chi connectivity index (χ1) is 9.03. The first-order valence-electron chi connectivity index (χ1n) is 7.83. The molecular formula is C16H31N3. The third-order valence-corrected chi connectivity index (χ3v) is 4.17. The van der Waals surface area contributed by atoms with Crippen molar-refractivity contribution in [3.05, 3.63) is 11.8 Å². The minimum absolute atomic E-state index is 0.197. The predicted molar refractivity (Wildman–Crippen MR) is 83.3 cm³/mol. The lowest BCUT2D eigenvalue weighted by atomic mass is 9.75. The van der Waals surface area contributed by atoms with Gasteiger partial charge in [-0.05, 0) is 18.3 Å². The maximum atomic E-state index is 6.10. The van der Waals surface area contributed by atoms with E-state index >= 15 is 0 Å². The van der Waals surface area contributed by atoms with Crippen molar-refractivity contribution in [3.8, 4) is 0 Å². The Labute approximate surface area is 118 Å². The number of nitrogens with two attached hydrogens (primary N) is 1. The predicted octanol–water partition coefficient (Wildman–Crippen LogP) is 4.42. The molecule has 1 unspecified atom stereocenters. The molecule has 110 valence electrons. The first-order valence-corrected chi connectivity index (χ1v) is 7.83. The van der Waals surface area contributed by atoms with Crippen molar-refractivity contribution >= 4 is 5.82 Å². The molecule has 3 nitrogen and oxygen atoms in total. The molecular weight excluding hydrogens is 234 g/mol. The van der Waals surface area contributed by atoms with Gasteiger partial charge in [-0.1, -0.05) is 59.3 Å². The van der Waals surface area contributed by atoms with Crippen LogP contribution in [-0.2, 0) is 12.5 Å². The van der Waals surface area contributed by atoms with Crippen LogP contribution in [0.2, 0.25) is 0 Å². The molecule has 0 saturated carbocycles. The molecule has 0 aliphatic carbocycles. The Balaban J connectivity index is 2.76. The molecule has 1 rings (SSSR count). The quantitative estimate of drug-likeness (QED) is 0.672. The maximum absolute atomic E-state index is 6.10. The molecule has 0 radical (unpaired) electrons. The average Bonchev–Trinajstić information content (AvgIpc) is 2.72. The second kappa shape index (κ2) is 7.56. The molecule has 2 N–H and O–H groups in total. The molecule has 19 heavy (non-hydrogen) atoms. The van der Waals surface area contributed by atoms with E-state index in [4.69, 9.17) is 5.73 Å². The number of hydrogen-bond donors (Lipinski definition) is 1. The van der Waals surface area contributed by atoms with Gasteiger partial charge in [0.25, 0.3) is 0 Å². The van der Waals surface area contributed by atoms with Gasteiger partial charge in [0, 0.05) is 18.8 Å². The van der Waals surface area contributed by atoms with Crippen LogP contribution in [0.25, 0.3) is 0 Å². The van der Waals surface area contributed by atoms with Crippen molar-refractivity contribution in [2.24, 2.45) is 7.05 Å². The molecule has 0 fully saturated rings. The summed E-state index contributed by atoms with van der Waals surface area (Å²) in [6.45, 7) is 6.88. The Morgan fingerprint density at radius 3 is 2.26 bits per heavy atom. The van der Waals surface area contributed by atoms with Crippen LogP contribution >= 0.6 is 0 Å². The van der Waals surface area contributed by atoms with E-state index in [1.807, 2.05) is 11.7 Å². The van der Waals surface area contributed by atoms with Crippen LogP contribution in [0.4, 0.5) is 5.82 Å². The van der Waals surface area contributed by atoms with Crippen molar-refractivity contribution in [1.29, 1.82) is 0 Å². The van der Waals surface area contributed by atoms with Crippen LogP contribution in [0, 0.1) is 0 Å². The molecule has 3 heteroatoms. The lowest BCUT2D eigenvalue weighted by Crippen LogP contribution is -2.23. The Bertz CT molecular complexity index is 370. The highest BCUT2D eigenvalue weighted by molar-refractivity contribution is 5.43. The van der Waals surface area contributed by atoms with Crippen molar-refractivity contribution < 1.29 is 0 Å². The Morgan fingerprint density at radius 1 is 1.11 bits per heavy atom. The highest BCUT2D eigenvalue weighted by Gasteiger charge is 2.29. The first kappa shape index (κ1) is 16.1. The fourth-order valence-electron chi connectivity index (χ4n) is 2.87. The number of nitrogens with zero attached hydrogens (tertiary/aromatic N) is 2. The van der Waals surface area contributed by atoms with Crippen LogP contribution in [0.5, 0.6) is 0 Å². The monoisotopic (exact) mass is 265 g/mol. The number of hydrogen-bond acceptors (Lipinski definition) is 2. The van der Waals surface area contributed by atoms with Crippen molar-refractivity contribution in [2.45, 2.75) is 77.6 Å². The zero-order chi connectivity index (χ0) is 14.3. The number of aromatic nitrogens is 2. The van der Waals surface area contributed by atoms with E-state index in [0.29, 0.717) is 0 Å². The highest BCUT2D eigenvalue weighted by Crippen LogP contribution is 2.37. The summed E-state index contributed by atoms with van der Waals surface area (Å²) in [5.41, 5.74) is 7.54. The summed E-state index contributed by atoms with van der Waals surface area (Å²) >= 11 is 0. The summed E-state index contributed by atoms with van der Waals surface area (Å²) < 4.78 is 1.85. The van der Waals surface area contributed by atoms with Crippen LogP contribution in [-0.4, -0.2) is 9.78 Å². The van der Waals surface area contributed by atoms with E-state index in [-0.39, 0.29) is 5.41 Å². The van der Waals surface area contributed by atoms with Crippen molar-refractivity contribution in [3.63, 3.8) is 0 Å². The Morgan fingerprint density at radius 2 is 1.74 bits per heavy atom. The van der Waals surface area contributed by atoms with E-state index in [1.54, 1.807) is 0 Å². The largest absolute Gasteiger partial charge is 0.382 e. The number of anilines is 1. The van der Waals surface area contributed by atoms with E-state index in [1.165, 1.54) is 56.9 Å². The van der Waals surface area contributed by atoms with Gasteiger partial charge < -0.3 is 5.73 Å². The summed E-state index contributed by atoms with van der Waals surface area (Å²) in [4.78, 5) is 0. The summed E-state index contributed by atoms with van der Waals surface area (Å²) in [5.74, 6) is 0.719. The van der Waals surface area contributed by atoms with Crippen LogP contribution in [0.3, 0.4) is 0 Å². The molecule has 0 spiro atoms. The minimum Gasteiger partial charge on any atom is -0.382 e. The molecule has 0 amide bonds. The molecule has 0 aromatic carbocycles. The molecule has 0 aliphatic heterocycles. The normalized spacial score (nSPS) is 14.5. The van der Waals surface area contributed by atoms with Gasteiger partial charge in [-0.2, -0.15) is 5.10 Å². The number of aryl methyl sites for hydroxylation is 1. The number of nitrogen functional groups attached to an aromatic ring is 1. The van der Waals surface area contributed by atoms with Gasteiger partial charge in [-0.15, -0.1) is 0 Å². The summed E-state index contributed by atoms with van der Waals surface area (Å²) in [6.07, 6.45) is 12.3.